The summed E-state index contributed by atoms with van der Waals surface area (Å²) in [4.78, 5) is 23.7. The molecule has 2 N–H and O–H groups in total. The molecular weight excluding hydrogens is 272 g/mol. The minimum absolute atomic E-state index is 0.257. The molecule has 0 saturated carbocycles. The van der Waals surface area contributed by atoms with E-state index in [2.05, 4.69) is 5.32 Å². The van der Waals surface area contributed by atoms with Crippen LogP contribution in [0.3, 0.4) is 0 Å². The molecule has 0 aromatic carbocycles. The number of nitrogens with zero attached hydrogens (tertiary/aromatic N) is 1. The summed E-state index contributed by atoms with van der Waals surface area (Å²) in [6.45, 7) is 0.257. The number of rotatable bonds is 5. The topological polar surface area (TPSA) is 69.6 Å². The molecule has 18 heavy (non-hydrogen) atoms. The van der Waals surface area contributed by atoms with Gasteiger partial charge >= 0.3 is 0 Å². The lowest BCUT2D eigenvalue weighted by molar-refractivity contribution is -0.137. The van der Waals surface area contributed by atoms with Gasteiger partial charge in [-0.25, -0.2) is 0 Å². The third kappa shape index (κ3) is 3.74. The summed E-state index contributed by atoms with van der Waals surface area (Å²) in [5.41, 5.74) is 0. The molecule has 2 rings (SSSR count). The number of carbonyl (C=O) groups excluding carboxylic acids is 2. The van der Waals surface area contributed by atoms with Crippen molar-refractivity contribution in [1.29, 1.82) is 0 Å². The Kier molecular flexibility index (Phi) is 5.11. The van der Waals surface area contributed by atoms with Gasteiger partial charge in [-0.3, -0.25) is 19.8 Å². The highest BCUT2D eigenvalue weighted by atomic mass is 33.1. The Morgan fingerprint density at radius 1 is 1.39 bits per heavy atom. The van der Waals surface area contributed by atoms with Crippen LogP contribution in [-0.2, 0) is 9.59 Å². The number of aliphatic hydroxyl groups is 1. The van der Waals surface area contributed by atoms with Gasteiger partial charge in [-0.1, -0.05) is 21.6 Å². The van der Waals surface area contributed by atoms with Crippen LogP contribution >= 0.6 is 21.6 Å². The van der Waals surface area contributed by atoms with Crippen molar-refractivity contribution < 1.29 is 14.7 Å². The Hall–Kier alpha value is -0.500. The molecule has 0 aromatic heterocycles. The fourth-order valence-electron chi connectivity index (χ4n) is 1.85. The van der Waals surface area contributed by atoms with Crippen LogP contribution in [0.15, 0.2) is 12.2 Å². The van der Waals surface area contributed by atoms with E-state index < -0.39 is 6.23 Å². The van der Waals surface area contributed by atoms with Gasteiger partial charge in [0.25, 0.3) is 11.8 Å². The molecule has 2 amide bonds. The molecule has 2 aliphatic heterocycles. The molecule has 1 saturated heterocycles. The van der Waals surface area contributed by atoms with Gasteiger partial charge in [0.1, 0.15) is 6.23 Å². The number of nitrogens with one attached hydrogen (secondary N) is 1. The molecule has 100 valence electrons. The maximum absolute atomic E-state index is 11.3. The third-order valence-corrected chi connectivity index (χ3v) is 5.37. The molecule has 0 radical (unpaired) electrons. The summed E-state index contributed by atoms with van der Waals surface area (Å²) in [6, 6.07) is 0.314. The van der Waals surface area contributed by atoms with Crippen LogP contribution in [0.5, 0.6) is 0 Å². The lowest BCUT2D eigenvalue weighted by atomic mass is 10.2. The first kappa shape index (κ1) is 13.9. The van der Waals surface area contributed by atoms with Crippen LogP contribution in [0, 0.1) is 0 Å². The normalized spacial score (nSPS) is 25.8. The Morgan fingerprint density at radius 2 is 2.11 bits per heavy atom. The van der Waals surface area contributed by atoms with E-state index in [1.165, 1.54) is 12.2 Å². The Bertz CT molecular complexity index is 338. The van der Waals surface area contributed by atoms with E-state index in [1.54, 1.807) is 10.8 Å². The number of carbonyl (C=O) groups is 2. The highest BCUT2D eigenvalue weighted by molar-refractivity contribution is 8.76. The highest BCUT2D eigenvalue weighted by Gasteiger charge is 2.24. The fraction of sp³-hybridized carbons (Fsp3) is 0.636. The van der Waals surface area contributed by atoms with Gasteiger partial charge in [0, 0.05) is 42.7 Å². The monoisotopic (exact) mass is 288 g/mol. The van der Waals surface area contributed by atoms with Gasteiger partial charge in [0.05, 0.1) is 0 Å². The number of hydrogen-bond acceptors (Lipinski definition) is 6. The minimum Gasteiger partial charge on any atom is -0.379 e. The highest BCUT2D eigenvalue weighted by Crippen LogP contribution is 2.29. The molecule has 0 aromatic rings. The average molecular weight is 288 g/mol. The second-order valence-corrected chi connectivity index (χ2v) is 6.85. The van der Waals surface area contributed by atoms with E-state index in [4.69, 9.17) is 0 Å². The van der Waals surface area contributed by atoms with Gasteiger partial charge in [-0.15, -0.1) is 0 Å². The van der Waals surface area contributed by atoms with Crippen molar-refractivity contribution in [2.24, 2.45) is 0 Å². The number of aliphatic hydroxyl groups excluding tert-OH is 1. The van der Waals surface area contributed by atoms with Crippen LogP contribution in [0.25, 0.3) is 0 Å². The van der Waals surface area contributed by atoms with Crippen molar-refractivity contribution >= 4 is 33.4 Å². The lowest BCUT2D eigenvalue weighted by Gasteiger charge is -2.25. The third-order valence-electron chi connectivity index (χ3n) is 2.86. The molecule has 0 aliphatic carbocycles. The van der Waals surface area contributed by atoms with Gasteiger partial charge in [-0.05, 0) is 6.42 Å². The standard InChI is InChI=1S/C11H16N2O3S2/c14-9(12-8-4-6-17-18-7-8)3-5-13-10(15)1-2-11(13)16/h1-2,8-9,12,14H,3-7H2. The van der Waals surface area contributed by atoms with Gasteiger partial charge in [-0.2, -0.15) is 0 Å². The van der Waals surface area contributed by atoms with E-state index in [-0.39, 0.29) is 18.4 Å². The number of hydrogen-bond donors (Lipinski definition) is 2. The van der Waals surface area contributed by atoms with Gasteiger partial charge in [0.2, 0.25) is 0 Å². The largest absolute Gasteiger partial charge is 0.379 e. The second-order valence-electron chi connectivity index (χ2n) is 4.22. The molecule has 0 spiro atoms. The Balaban J connectivity index is 1.69. The zero-order valence-corrected chi connectivity index (χ0v) is 11.5. The number of imide groups is 1. The van der Waals surface area contributed by atoms with Crippen LogP contribution < -0.4 is 5.32 Å². The van der Waals surface area contributed by atoms with Crippen LogP contribution in [0.2, 0.25) is 0 Å². The molecule has 2 aliphatic rings. The molecule has 0 bridgehead atoms. The first-order chi connectivity index (χ1) is 8.66. The summed E-state index contributed by atoms with van der Waals surface area (Å²) in [7, 11) is 3.65. The predicted molar refractivity (Wildman–Crippen MR) is 72.9 cm³/mol. The SMILES string of the molecule is O=C1C=CC(=O)N1CCC(O)NC1CCSSC1. The maximum atomic E-state index is 11.3. The number of amides is 2. The Morgan fingerprint density at radius 3 is 2.72 bits per heavy atom. The van der Waals surface area contributed by atoms with Gasteiger partial charge < -0.3 is 5.11 Å². The van der Waals surface area contributed by atoms with Crippen molar-refractivity contribution in [1.82, 2.24) is 10.2 Å². The van der Waals surface area contributed by atoms with Crippen molar-refractivity contribution in [2.45, 2.75) is 25.1 Å². The molecule has 1 fully saturated rings. The zero-order valence-electron chi connectivity index (χ0n) is 9.87. The van der Waals surface area contributed by atoms with Crippen LogP contribution in [0.4, 0.5) is 0 Å². The fourth-order valence-corrected chi connectivity index (χ4v) is 4.30. The smallest absolute Gasteiger partial charge is 0.253 e. The molecule has 7 heteroatoms. The predicted octanol–water partition coefficient (Wildman–Crippen LogP) is 0.363. The first-order valence-electron chi connectivity index (χ1n) is 5.89. The molecule has 2 unspecified atom stereocenters. The van der Waals surface area contributed by atoms with E-state index >= 15 is 0 Å². The van der Waals surface area contributed by atoms with Crippen molar-refractivity contribution in [3.05, 3.63) is 12.2 Å². The summed E-state index contributed by atoms with van der Waals surface area (Å²) < 4.78 is 0. The quantitative estimate of drug-likeness (QED) is 0.432. The first-order valence-corrected chi connectivity index (χ1v) is 8.37. The van der Waals surface area contributed by atoms with E-state index in [0.29, 0.717) is 12.5 Å². The van der Waals surface area contributed by atoms with Gasteiger partial charge in [0.15, 0.2) is 0 Å². The summed E-state index contributed by atoms with van der Waals surface area (Å²) in [5.74, 6) is 1.47. The van der Waals surface area contributed by atoms with Crippen LogP contribution in [0.1, 0.15) is 12.8 Å². The molecule has 2 heterocycles. The molecule has 5 nitrogen and oxygen atoms in total. The van der Waals surface area contributed by atoms with E-state index in [0.717, 1.165) is 22.8 Å². The van der Waals surface area contributed by atoms with Crippen molar-refractivity contribution in [3.8, 4) is 0 Å². The van der Waals surface area contributed by atoms with Crippen LogP contribution in [-0.4, -0.2) is 52.1 Å². The lowest BCUT2D eigenvalue weighted by Crippen LogP contribution is -2.43. The summed E-state index contributed by atoms with van der Waals surface area (Å²) >= 11 is 0. The molecule has 2 atom stereocenters. The van der Waals surface area contributed by atoms with E-state index in [9.17, 15) is 14.7 Å². The van der Waals surface area contributed by atoms with Crippen molar-refractivity contribution in [2.75, 3.05) is 18.1 Å². The Labute approximate surface area is 114 Å². The summed E-state index contributed by atoms with van der Waals surface area (Å²) in [5, 5.41) is 13.0. The second kappa shape index (κ2) is 6.60. The average Bonchev–Trinajstić information content (AvgIpc) is 2.68. The zero-order chi connectivity index (χ0) is 13.0. The van der Waals surface area contributed by atoms with Crippen molar-refractivity contribution in [3.63, 3.8) is 0 Å². The minimum atomic E-state index is -0.667. The maximum Gasteiger partial charge on any atom is 0.253 e. The summed E-state index contributed by atoms with van der Waals surface area (Å²) in [6.07, 6.45) is 3.26. The molecular formula is C11H16N2O3S2. The van der Waals surface area contributed by atoms with E-state index in [1.807, 2.05) is 10.8 Å².